The van der Waals surface area contributed by atoms with E-state index < -0.39 is 10.0 Å². The molecule has 11 heteroatoms. The number of nitrogens with one attached hydrogen (secondary N) is 1. The Labute approximate surface area is 172 Å². The van der Waals surface area contributed by atoms with Crippen molar-refractivity contribution in [1.29, 1.82) is 0 Å². The Morgan fingerprint density at radius 3 is 2.79 bits per heavy atom. The summed E-state index contributed by atoms with van der Waals surface area (Å²) in [7, 11) is -3.84. The third-order valence-corrected chi connectivity index (χ3v) is 5.68. The van der Waals surface area contributed by atoms with Crippen LogP contribution in [0, 0.1) is 0 Å². The highest BCUT2D eigenvalue weighted by molar-refractivity contribution is 7.89. The number of amides is 1. The quantitative estimate of drug-likeness (QED) is 0.527. The zero-order chi connectivity index (χ0) is 20.9. The lowest BCUT2D eigenvalue weighted by Crippen LogP contribution is -2.33. The molecular formula is C18H21N5O4S2. The van der Waals surface area contributed by atoms with Crippen LogP contribution in [0.25, 0.3) is 10.8 Å². The number of thiophene rings is 1. The second kappa shape index (κ2) is 9.27. The maximum absolute atomic E-state index is 12.4. The average Bonchev–Trinajstić information content (AvgIpc) is 3.33. The van der Waals surface area contributed by atoms with E-state index in [1.165, 1.54) is 29.5 Å². The molecule has 154 valence electrons. The maximum atomic E-state index is 12.4. The normalized spacial score (nSPS) is 11.7. The molecule has 0 aliphatic carbocycles. The van der Waals surface area contributed by atoms with E-state index in [2.05, 4.69) is 15.5 Å². The summed E-state index contributed by atoms with van der Waals surface area (Å²) in [4.78, 5) is 15.1. The van der Waals surface area contributed by atoms with E-state index in [-0.39, 0.29) is 17.3 Å². The lowest BCUT2D eigenvalue weighted by atomic mass is 10.3. The molecule has 9 nitrogen and oxygen atoms in total. The van der Waals surface area contributed by atoms with Gasteiger partial charge in [-0.05, 0) is 42.6 Å². The summed E-state index contributed by atoms with van der Waals surface area (Å²) in [6.07, 6.45) is 0.833. The standard InChI is InChI=1S/C18H21N5O4S2/c1-2-8-23(12-17-21-22-18(27-17)15-7-4-9-28-15)11-16(24)20-13-5-3-6-14(10-13)29(19,25)26/h3-7,9-10H,2,8,11-12H2,1H3,(H,20,24)(H2,19,25,26). The first-order valence-corrected chi connectivity index (χ1v) is 11.3. The molecule has 0 fully saturated rings. The van der Waals surface area contributed by atoms with Gasteiger partial charge in [0, 0.05) is 5.69 Å². The zero-order valence-electron chi connectivity index (χ0n) is 15.7. The molecule has 0 radical (unpaired) electrons. The van der Waals surface area contributed by atoms with Gasteiger partial charge >= 0.3 is 0 Å². The van der Waals surface area contributed by atoms with Crippen LogP contribution in [0.15, 0.2) is 51.1 Å². The first-order chi connectivity index (χ1) is 13.8. The Hall–Kier alpha value is -2.60. The molecule has 0 spiro atoms. The first-order valence-electron chi connectivity index (χ1n) is 8.86. The summed E-state index contributed by atoms with van der Waals surface area (Å²) in [6, 6.07) is 9.61. The number of hydrogen-bond acceptors (Lipinski definition) is 8. The second-order valence-corrected chi connectivity index (χ2v) is 8.82. The molecule has 0 aliphatic rings. The number of carbonyl (C=O) groups is 1. The fourth-order valence-electron chi connectivity index (χ4n) is 2.69. The third kappa shape index (κ3) is 5.94. The Kier molecular flexibility index (Phi) is 6.75. The van der Waals surface area contributed by atoms with Gasteiger partial charge in [-0.25, -0.2) is 13.6 Å². The van der Waals surface area contributed by atoms with E-state index in [0.29, 0.717) is 30.6 Å². The molecule has 0 atom stereocenters. The molecule has 29 heavy (non-hydrogen) atoms. The van der Waals surface area contributed by atoms with E-state index >= 15 is 0 Å². The minimum Gasteiger partial charge on any atom is -0.419 e. The van der Waals surface area contributed by atoms with Crippen LogP contribution in [0.3, 0.4) is 0 Å². The zero-order valence-corrected chi connectivity index (χ0v) is 17.4. The lowest BCUT2D eigenvalue weighted by molar-refractivity contribution is -0.117. The van der Waals surface area contributed by atoms with E-state index in [4.69, 9.17) is 9.56 Å². The van der Waals surface area contributed by atoms with Gasteiger partial charge in [0.15, 0.2) is 0 Å². The predicted octanol–water partition coefficient (Wildman–Crippen LogP) is 2.30. The summed E-state index contributed by atoms with van der Waals surface area (Å²) in [5.74, 6) is 0.588. The van der Waals surface area contributed by atoms with Crippen molar-refractivity contribution < 1.29 is 17.6 Å². The molecule has 2 heterocycles. The van der Waals surface area contributed by atoms with Crippen molar-refractivity contribution in [3.05, 3.63) is 47.7 Å². The monoisotopic (exact) mass is 435 g/mol. The van der Waals surface area contributed by atoms with Crippen molar-refractivity contribution in [3.8, 4) is 10.8 Å². The van der Waals surface area contributed by atoms with E-state index in [0.717, 1.165) is 11.3 Å². The summed E-state index contributed by atoms with van der Waals surface area (Å²) < 4.78 is 28.6. The van der Waals surface area contributed by atoms with Gasteiger partial charge in [-0.1, -0.05) is 19.1 Å². The van der Waals surface area contributed by atoms with Crippen molar-refractivity contribution in [2.45, 2.75) is 24.8 Å². The molecule has 0 unspecified atom stereocenters. The highest BCUT2D eigenvalue weighted by Gasteiger charge is 2.16. The number of aromatic nitrogens is 2. The molecule has 3 aromatic rings. The van der Waals surface area contributed by atoms with Gasteiger partial charge in [0.05, 0.1) is 22.9 Å². The van der Waals surface area contributed by atoms with E-state index in [1.54, 1.807) is 6.07 Å². The van der Waals surface area contributed by atoms with Crippen molar-refractivity contribution >= 4 is 33.0 Å². The van der Waals surface area contributed by atoms with Crippen LogP contribution in [0.2, 0.25) is 0 Å². The van der Waals surface area contributed by atoms with Crippen LogP contribution in [-0.2, 0) is 21.4 Å². The fourth-order valence-corrected chi connectivity index (χ4v) is 3.90. The number of nitrogens with zero attached hydrogens (tertiary/aromatic N) is 3. The van der Waals surface area contributed by atoms with Crippen LogP contribution >= 0.6 is 11.3 Å². The number of rotatable bonds is 9. The van der Waals surface area contributed by atoms with Crippen molar-refractivity contribution in [2.75, 3.05) is 18.4 Å². The number of benzene rings is 1. The minimum absolute atomic E-state index is 0.0623. The van der Waals surface area contributed by atoms with Gasteiger partial charge in [-0.2, -0.15) is 0 Å². The lowest BCUT2D eigenvalue weighted by Gasteiger charge is -2.19. The van der Waals surface area contributed by atoms with Crippen LogP contribution in [-0.4, -0.2) is 42.5 Å². The van der Waals surface area contributed by atoms with Gasteiger partial charge in [0.2, 0.25) is 21.8 Å². The smallest absolute Gasteiger partial charge is 0.257 e. The van der Waals surface area contributed by atoms with Crippen molar-refractivity contribution in [3.63, 3.8) is 0 Å². The first kappa shape index (κ1) is 21.1. The molecule has 2 aromatic heterocycles. The van der Waals surface area contributed by atoms with E-state index in [1.807, 2.05) is 29.3 Å². The number of primary sulfonamides is 1. The molecule has 3 rings (SSSR count). The van der Waals surface area contributed by atoms with Gasteiger partial charge in [0.25, 0.3) is 5.89 Å². The highest BCUT2D eigenvalue weighted by Crippen LogP contribution is 2.23. The van der Waals surface area contributed by atoms with Crippen LogP contribution in [0.4, 0.5) is 5.69 Å². The van der Waals surface area contributed by atoms with Crippen LogP contribution in [0.1, 0.15) is 19.2 Å². The summed E-state index contributed by atoms with van der Waals surface area (Å²) >= 11 is 1.51. The SMILES string of the molecule is CCCN(CC(=O)Nc1cccc(S(N)(=O)=O)c1)Cc1nnc(-c2cccs2)o1. The largest absolute Gasteiger partial charge is 0.419 e. The van der Waals surface area contributed by atoms with Crippen LogP contribution in [0.5, 0.6) is 0 Å². The molecule has 1 aromatic carbocycles. The van der Waals surface area contributed by atoms with Gasteiger partial charge in [-0.15, -0.1) is 21.5 Å². The minimum atomic E-state index is -3.84. The summed E-state index contributed by atoms with van der Waals surface area (Å²) in [5, 5.41) is 17.9. The van der Waals surface area contributed by atoms with E-state index in [9.17, 15) is 13.2 Å². The molecule has 0 bridgehead atoms. The van der Waals surface area contributed by atoms with Gasteiger partial charge in [-0.3, -0.25) is 9.69 Å². The molecular weight excluding hydrogens is 414 g/mol. The number of sulfonamides is 1. The predicted molar refractivity (Wildman–Crippen MR) is 110 cm³/mol. The third-order valence-electron chi connectivity index (χ3n) is 3.91. The number of anilines is 1. The van der Waals surface area contributed by atoms with Crippen molar-refractivity contribution in [1.82, 2.24) is 15.1 Å². The Morgan fingerprint density at radius 1 is 1.28 bits per heavy atom. The van der Waals surface area contributed by atoms with Crippen molar-refractivity contribution in [2.24, 2.45) is 5.14 Å². The molecule has 0 saturated heterocycles. The fraction of sp³-hybridized carbons (Fsp3) is 0.278. The maximum Gasteiger partial charge on any atom is 0.257 e. The Morgan fingerprint density at radius 2 is 2.10 bits per heavy atom. The van der Waals surface area contributed by atoms with Gasteiger partial charge in [0.1, 0.15) is 0 Å². The number of nitrogens with two attached hydrogens (primary N) is 1. The summed E-state index contributed by atoms with van der Waals surface area (Å²) in [6.45, 7) is 3.08. The molecule has 0 aliphatic heterocycles. The number of carbonyl (C=O) groups excluding carboxylic acids is 1. The van der Waals surface area contributed by atoms with Crippen LogP contribution < -0.4 is 10.5 Å². The van der Waals surface area contributed by atoms with Gasteiger partial charge < -0.3 is 9.73 Å². The Bertz CT molecular complexity index is 1060. The topological polar surface area (TPSA) is 131 Å². The Balaban J connectivity index is 1.63. The molecule has 0 saturated carbocycles. The highest BCUT2D eigenvalue weighted by atomic mass is 32.2. The molecule has 1 amide bonds. The average molecular weight is 436 g/mol. The second-order valence-electron chi connectivity index (χ2n) is 6.31. The molecule has 3 N–H and O–H groups in total. The number of hydrogen-bond donors (Lipinski definition) is 2. The summed E-state index contributed by atoms with van der Waals surface area (Å²) in [5.41, 5.74) is 0.357.